The molecule has 2 aromatic heterocycles. The first-order valence-electron chi connectivity index (χ1n) is 6.46. The van der Waals surface area contributed by atoms with Gasteiger partial charge in [0, 0.05) is 24.4 Å². The Labute approximate surface area is 124 Å². The highest BCUT2D eigenvalue weighted by molar-refractivity contribution is 6.99. The van der Waals surface area contributed by atoms with Crippen molar-refractivity contribution in [1.29, 1.82) is 0 Å². The molecule has 0 aliphatic rings. The van der Waals surface area contributed by atoms with Gasteiger partial charge in [-0.05, 0) is 25.0 Å². The summed E-state index contributed by atoms with van der Waals surface area (Å²) in [7, 11) is 0. The average Bonchev–Trinajstić information content (AvgIpc) is 2.91. The van der Waals surface area contributed by atoms with E-state index < -0.39 is 18.7 Å². The van der Waals surface area contributed by atoms with Crippen molar-refractivity contribution < 1.29 is 17.9 Å². The van der Waals surface area contributed by atoms with Gasteiger partial charge in [0.05, 0.1) is 11.7 Å². The van der Waals surface area contributed by atoms with Gasteiger partial charge in [-0.15, -0.1) is 4.37 Å². The molecule has 0 amide bonds. The summed E-state index contributed by atoms with van der Waals surface area (Å²) >= 11 is 0.962. The molecule has 1 atom stereocenters. The number of ether oxygens (including phenoxy) is 1. The lowest BCUT2D eigenvalue weighted by molar-refractivity contribution is -0.139. The zero-order chi connectivity index (χ0) is 15.3. The van der Waals surface area contributed by atoms with Crippen molar-refractivity contribution >= 4 is 11.7 Å². The Morgan fingerprint density at radius 3 is 2.76 bits per heavy atom. The van der Waals surface area contributed by atoms with Gasteiger partial charge in [-0.1, -0.05) is 6.92 Å². The minimum atomic E-state index is -4.18. The predicted molar refractivity (Wildman–Crippen MR) is 73.1 cm³/mol. The van der Waals surface area contributed by atoms with E-state index in [-0.39, 0.29) is 12.3 Å². The molecule has 0 N–H and O–H groups in total. The highest BCUT2D eigenvalue weighted by Crippen LogP contribution is 2.30. The summed E-state index contributed by atoms with van der Waals surface area (Å²) in [5, 5.41) is 0. The van der Waals surface area contributed by atoms with Crippen molar-refractivity contribution in [2.45, 2.75) is 38.5 Å². The van der Waals surface area contributed by atoms with Crippen LogP contribution in [-0.4, -0.2) is 26.0 Å². The van der Waals surface area contributed by atoms with Crippen molar-refractivity contribution in [2.75, 3.05) is 0 Å². The van der Waals surface area contributed by atoms with E-state index in [1.54, 1.807) is 31.5 Å². The number of pyridine rings is 1. The van der Waals surface area contributed by atoms with Gasteiger partial charge in [-0.25, -0.2) is 0 Å². The van der Waals surface area contributed by atoms with Crippen LogP contribution >= 0.6 is 11.7 Å². The molecule has 0 saturated heterocycles. The smallest absolute Gasteiger partial charge is 0.389 e. The maximum absolute atomic E-state index is 12.3. The predicted octanol–water partition coefficient (Wildman–Crippen LogP) is 4.10. The summed E-state index contributed by atoms with van der Waals surface area (Å²) in [6.45, 7) is 1.78. The standard InChI is InChI=1S/C13H14F3N3OS/c1-2-10(5-6-13(14,15)16)20-12-11(18-21-19-12)9-4-3-7-17-8-9/h3-4,7-8,10H,2,5-6H2,1H3. The topological polar surface area (TPSA) is 47.9 Å². The lowest BCUT2D eigenvalue weighted by atomic mass is 10.1. The zero-order valence-electron chi connectivity index (χ0n) is 11.3. The van der Waals surface area contributed by atoms with E-state index in [4.69, 9.17) is 4.74 Å². The molecular weight excluding hydrogens is 303 g/mol. The van der Waals surface area contributed by atoms with E-state index in [2.05, 4.69) is 13.7 Å². The SMILES string of the molecule is CCC(CCC(F)(F)F)Oc1nsnc1-c1cccnc1. The van der Waals surface area contributed by atoms with Crippen molar-refractivity contribution in [3.63, 3.8) is 0 Å². The van der Waals surface area contributed by atoms with Crippen molar-refractivity contribution in [3.05, 3.63) is 24.5 Å². The summed E-state index contributed by atoms with van der Waals surface area (Å²) in [5.41, 5.74) is 1.24. The van der Waals surface area contributed by atoms with Crippen molar-refractivity contribution in [3.8, 4) is 17.1 Å². The summed E-state index contributed by atoms with van der Waals surface area (Å²) in [4.78, 5) is 3.98. The number of hydrogen-bond donors (Lipinski definition) is 0. The molecule has 0 radical (unpaired) electrons. The molecule has 0 aliphatic carbocycles. The van der Waals surface area contributed by atoms with Crippen LogP contribution in [0.25, 0.3) is 11.3 Å². The number of hydrogen-bond acceptors (Lipinski definition) is 5. The Bertz CT molecular complexity index is 559. The highest BCUT2D eigenvalue weighted by Gasteiger charge is 2.29. The molecule has 4 nitrogen and oxygen atoms in total. The van der Waals surface area contributed by atoms with Gasteiger partial charge in [0.25, 0.3) is 5.88 Å². The molecule has 0 aromatic carbocycles. The van der Waals surface area contributed by atoms with E-state index in [1.807, 2.05) is 0 Å². The number of alkyl halides is 3. The second-order valence-electron chi connectivity index (χ2n) is 4.46. The highest BCUT2D eigenvalue weighted by atomic mass is 32.1. The molecule has 2 aromatic rings. The molecule has 2 heterocycles. The molecular formula is C13H14F3N3OS. The molecule has 0 aliphatic heterocycles. The van der Waals surface area contributed by atoms with Crippen LogP contribution in [-0.2, 0) is 0 Å². The fourth-order valence-electron chi connectivity index (χ4n) is 1.77. The van der Waals surface area contributed by atoms with Gasteiger partial charge in [0.2, 0.25) is 0 Å². The van der Waals surface area contributed by atoms with Crippen LogP contribution in [0, 0.1) is 0 Å². The molecule has 0 fully saturated rings. The monoisotopic (exact) mass is 317 g/mol. The lowest BCUT2D eigenvalue weighted by Gasteiger charge is -2.17. The third-order valence-electron chi connectivity index (χ3n) is 2.88. The van der Waals surface area contributed by atoms with Gasteiger partial charge in [0.15, 0.2) is 0 Å². The van der Waals surface area contributed by atoms with Gasteiger partial charge < -0.3 is 4.74 Å². The van der Waals surface area contributed by atoms with Gasteiger partial charge in [-0.2, -0.15) is 17.5 Å². The Morgan fingerprint density at radius 1 is 1.33 bits per heavy atom. The molecule has 21 heavy (non-hydrogen) atoms. The van der Waals surface area contributed by atoms with Crippen LogP contribution in [0.15, 0.2) is 24.5 Å². The van der Waals surface area contributed by atoms with Crippen LogP contribution < -0.4 is 4.74 Å². The Hall–Kier alpha value is -1.70. The van der Waals surface area contributed by atoms with E-state index in [9.17, 15) is 13.2 Å². The first kappa shape index (κ1) is 15.7. The lowest BCUT2D eigenvalue weighted by Crippen LogP contribution is -2.20. The summed E-state index contributed by atoms with van der Waals surface area (Å²) in [6, 6.07) is 3.55. The van der Waals surface area contributed by atoms with Crippen LogP contribution in [0.2, 0.25) is 0 Å². The van der Waals surface area contributed by atoms with Crippen LogP contribution in [0.1, 0.15) is 26.2 Å². The largest absolute Gasteiger partial charge is 0.472 e. The Morgan fingerprint density at radius 2 is 2.14 bits per heavy atom. The molecule has 0 spiro atoms. The number of nitrogens with zero attached hydrogens (tertiary/aromatic N) is 3. The van der Waals surface area contributed by atoms with Gasteiger partial charge >= 0.3 is 6.18 Å². The second kappa shape index (κ2) is 6.84. The van der Waals surface area contributed by atoms with Gasteiger partial charge in [0.1, 0.15) is 11.8 Å². The maximum Gasteiger partial charge on any atom is 0.389 e. The fourth-order valence-corrected chi connectivity index (χ4v) is 2.28. The quantitative estimate of drug-likeness (QED) is 0.805. The summed E-state index contributed by atoms with van der Waals surface area (Å²) in [5.74, 6) is 0.266. The first-order valence-corrected chi connectivity index (χ1v) is 7.19. The van der Waals surface area contributed by atoms with E-state index >= 15 is 0 Å². The minimum absolute atomic E-state index is 0.0932. The normalized spacial score (nSPS) is 13.1. The zero-order valence-corrected chi connectivity index (χ0v) is 12.1. The third kappa shape index (κ3) is 4.66. The number of aromatic nitrogens is 3. The van der Waals surface area contributed by atoms with Gasteiger partial charge in [-0.3, -0.25) is 4.98 Å². The minimum Gasteiger partial charge on any atom is -0.472 e. The van der Waals surface area contributed by atoms with E-state index in [0.717, 1.165) is 17.3 Å². The molecule has 1 unspecified atom stereocenters. The Kier molecular flexibility index (Phi) is 5.11. The fraction of sp³-hybridized carbons (Fsp3) is 0.462. The summed E-state index contributed by atoms with van der Waals surface area (Å²) < 4.78 is 50.6. The molecule has 2 rings (SSSR count). The van der Waals surface area contributed by atoms with E-state index in [0.29, 0.717) is 12.1 Å². The maximum atomic E-state index is 12.3. The van der Waals surface area contributed by atoms with Crippen LogP contribution in [0.5, 0.6) is 5.88 Å². The third-order valence-corrected chi connectivity index (χ3v) is 3.39. The average molecular weight is 317 g/mol. The van der Waals surface area contributed by atoms with Crippen LogP contribution in [0.4, 0.5) is 13.2 Å². The summed E-state index contributed by atoms with van der Waals surface area (Å²) in [6.07, 6.45) is -1.97. The Balaban J connectivity index is 2.07. The molecule has 114 valence electrons. The van der Waals surface area contributed by atoms with Crippen molar-refractivity contribution in [2.24, 2.45) is 0 Å². The van der Waals surface area contributed by atoms with E-state index in [1.165, 1.54) is 0 Å². The van der Waals surface area contributed by atoms with Crippen LogP contribution in [0.3, 0.4) is 0 Å². The number of rotatable bonds is 6. The molecule has 0 saturated carbocycles. The molecule has 0 bridgehead atoms. The molecule has 8 heteroatoms. The van der Waals surface area contributed by atoms with Crippen molar-refractivity contribution in [1.82, 2.24) is 13.7 Å². The number of halogens is 3. The second-order valence-corrected chi connectivity index (χ2v) is 4.99. The first-order chi connectivity index (χ1) is 9.99.